The van der Waals surface area contributed by atoms with Crippen molar-refractivity contribution >= 4 is 10.0 Å². The van der Waals surface area contributed by atoms with E-state index >= 15 is 0 Å². The SMILES string of the molecule is CC(C)NS(=O)(=O)C1CC1.CC(C)n1nnc(-c2cc(F)cc(F)c2)n1. The second kappa shape index (κ2) is 8.17. The van der Waals surface area contributed by atoms with Gasteiger partial charge in [0, 0.05) is 17.7 Å². The van der Waals surface area contributed by atoms with E-state index in [1.165, 1.54) is 16.9 Å². The maximum absolute atomic E-state index is 13.0. The minimum absolute atomic E-state index is 0.0330. The van der Waals surface area contributed by atoms with Gasteiger partial charge in [-0.25, -0.2) is 21.9 Å². The van der Waals surface area contributed by atoms with Crippen molar-refractivity contribution in [3.05, 3.63) is 29.8 Å². The van der Waals surface area contributed by atoms with E-state index in [0.717, 1.165) is 18.9 Å². The Bertz CT molecular complexity index is 828. The number of sulfonamides is 1. The highest BCUT2D eigenvalue weighted by atomic mass is 32.2. The predicted molar refractivity (Wildman–Crippen MR) is 93.8 cm³/mol. The first-order valence-electron chi connectivity index (χ1n) is 8.35. The molecule has 0 atom stereocenters. The van der Waals surface area contributed by atoms with Crippen LogP contribution in [0.15, 0.2) is 18.2 Å². The maximum Gasteiger partial charge on any atom is 0.214 e. The van der Waals surface area contributed by atoms with Crippen LogP contribution in [0.2, 0.25) is 0 Å². The van der Waals surface area contributed by atoms with E-state index < -0.39 is 21.7 Å². The van der Waals surface area contributed by atoms with E-state index in [1.54, 1.807) is 0 Å². The van der Waals surface area contributed by atoms with Gasteiger partial charge in [-0.2, -0.15) is 4.80 Å². The second-order valence-corrected chi connectivity index (χ2v) is 8.69. The lowest BCUT2D eigenvalue weighted by atomic mass is 10.2. The predicted octanol–water partition coefficient (Wildman–Crippen LogP) is 2.68. The number of rotatable bonds is 5. The molecule has 1 saturated carbocycles. The lowest BCUT2D eigenvalue weighted by Crippen LogP contribution is -2.32. The van der Waals surface area contributed by atoms with Gasteiger partial charge in [0.05, 0.1) is 11.3 Å². The normalized spacial score (nSPS) is 14.5. The molecule has 0 radical (unpaired) electrons. The van der Waals surface area contributed by atoms with Crippen LogP contribution in [0.5, 0.6) is 0 Å². The first-order valence-corrected chi connectivity index (χ1v) is 9.90. The van der Waals surface area contributed by atoms with E-state index in [0.29, 0.717) is 0 Å². The molecular weight excluding hydrogens is 364 g/mol. The van der Waals surface area contributed by atoms with Gasteiger partial charge in [-0.1, -0.05) is 0 Å². The number of nitrogens with zero attached hydrogens (tertiary/aromatic N) is 4. The molecule has 0 unspecified atom stereocenters. The molecule has 1 aromatic heterocycles. The van der Waals surface area contributed by atoms with Gasteiger partial charge < -0.3 is 0 Å². The lowest BCUT2D eigenvalue weighted by molar-refractivity contribution is 0.455. The Kier molecular flexibility index (Phi) is 6.40. The molecule has 3 rings (SSSR count). The highest BCUT2D eigenvalue weighted by Gasteiger charge is 2.35. The molecule has 1 fully saturated rings. The van der Waals surface area contributed by atoms with Gasteiger partial charge in [-0.3, -0.25) is 0 Å². The van der Waals surface area contributed by atoms with E-state index in [1.807, 2.05) is 27.7 Å². The van der Waals surface area contributed by atoms with Gasteiger partial charge in [-0.05, 0) is 57.9 Å². The van der Waals surface area contributed by atoms with Crippen molar-refractivity contribution in [3.8, 4) is 11.4 Å². The topological polar surface area (TPSA) is 89.8 Å². The fourth-order valence-corrected chi connectivity index (χ4v) is 3.65. The molecule has 1 heterocycles. The summed E-state index contributed by atoms with van der Waals surface area (Å²) in [6, 6.07) is 3.23. The third-order valence-electron chi connectivity index (χ3n) is 3.37. The number of tetrazole rings is 1. The zero-order valence-electron chi connectivity index (χ0n) is 15.1. The largest absolute Gasteiger partial charge is 0.214 e. The summed E-state index contributed by atoms with van der Waals surface area (Å²) in [6.45, 7) is 7.44. The number of hydrogen-bond donors (Lipinski definition) is 1. The molecular formula is C16H23F2N5O2S. The molecule has 0 saturated heterocycles. The number of hydrogen-bond acceptors (Lipinski definition) is 5. The van der Waals surface area contributed by atoms with Crippen molar-refractivity contribution in [2.75, 3.05) is 0 Å². The van der Waals surface area contributed by atoms with Crippen LogP contribution in [0.3, 0.4) is 0 Å². The standard InChI is InChI=1S/C10H10F2N4.C6H13NO2S/c1-6(2)16-14-10(13-15-16)7-3-8(11)5-9(12)4-7;1-5(2)7-10(8,9)6-3-4-6/h3-6H,1-2H3;5-7H,3-4H2,1-2H3. The molecule has 26 heavy (non-hydrogen) atoms. The first-order chi connectivity index (χ1) is 12.1. The van der Waals surface area contributed by atoms with E-state index in [2.05, 4.69) is 20.1 Å². The third-order valence-corrected chi connectivity index (χ3v) is 5.52. The molecule has 1 aliphatic carbocycles. The van der Waals surface area contributed by atoms with Crippen LogP contribution >= 0.6 is 0 Å². The summed E-state index contributed by atoms with van der Waals surface area (Å²) >= 11 is 0. The van der Waals surface area contributed by atoms with E-state index in [9.17, 15) is 17.2 Å². The zero-order chi connectivity index (χ0) is 19.5. The molecule has 144 valence electrons. The van der Waals surface area contributed by atoms with Gasteiger partial charge in [0.15, 0.2) is 0 Å². The Morgan fingerprint density at radius 3 is 2.12 bits per heavy atom. The summed E-state index contributed by atoms with van der Waals surface area (Å²) < 4.78 is 50.6. The van der Waals surface area contributed by atoms with Gasteiger partial charge in [-0.15, -0.1) is 10.2 Å². The minimum atomic E-state index is -2.94. The quantitative estimate of drug-likeness (QED) is 0.852. The smallest absolute Gasteiger partial charge is 0.212 e. The number of benzene rings is 1. The Morgan fingerprint density at radius 1 is 1.12 bits per heavy atom. The van der Waals surface area contributed by atoms with Crippen LogP contribution in [-0.4, -0.2) is 39.9 Å². The highest BCUT2D eigenvalue weighted by molar-refractivity contribution is 7.90. The fourth-order valence-electron chi connectivity index (χ4n) is 2.05. The molecule has 10 heteroatoms. The summed E-state index contributed by atoms with van der Waals surface area (Å²) in [7, 11) is -2.94. The molecule has 1 aromatic carbocycles. The zero-order valence-corrected chi connectivity index (χ0v) is 16.0. The van der Waals surface area contributed by atoms with Crippen molar-refractivity contribution in [1.82, 2.24) is 24.9 Å². The van der Waals surface area contributed by atoms with Crippen molar-refractivity contribution in [1.29, 1.82) is 0 Å². The second-order valence-electron chi connectivity index (χ2n) is 6.70. The Labute approximate surface area is 151 Å². The van der Waals surface area contributed by atoms with Gasteiger partial charge >= 0.3 is 0 Å². The van der Waals surface area contributed by atoms with Crippen LogP contribution in [0.1, 0.15) is 46.6 Å². The van der Waals surface area contributed by atoms with Crippen molar-refractivity contribution in [2.45, 2.75) is 57.9 Å². The third kappa shape index (κ3) is 5.80. The minimum Gasteiger partial charge on any atom is -0.212 e. The highest BCUT2D eigenvalue weighted by Crippen LogP contribution is 2.27. The number of nitrogens with one attached hydrogen (secondary N) is 1. The van der Waals surface area contributed by atoms with Crippen LogP contribution in [0.25, 0.3) is 11.4 Å². The number of halogens is 2. The Hall–Kier alpha value is -1.94. The van der Waals surface area contributed by atoms with Crippen LogP contribution in [0, 0.1) is 11.6 Å². The average Bonchev–Trinajstić information content (AvgIpc) is 3.24. The van der Waals surface area contributed by atoms with Crippen molar-refractivity contribution < 1.29 is 17.2 Å². The molecule has 1 aliphatic rings. The summed E-state index contributed by atoms with van der Waals surface area (Å²) in [5.41, 5.74) is 0.282. The van der Waals surface area contributed by atoms with Gasteiger partial charge in [0.25, 0.3) is 0 Å². The van der Waals surface area contributed by atoms with Crippen LogP contribution in [0.4, 0.5) is 8.78 Å². The maximum atomic E-state index is 13.0. The molecule has 0 spiro atoms. The molecule has 7 nitrogen and oxygen atoms in total. The molecule has 0 aliphatic heterocycles. The molecule has 0 amide bonds. The molecule has 2 aromatic rings. The first kappa shape index (κ1) is 20.4. The van der Waals surface area contributed by atoms with Crippen molar-refractivity contribution in [2.24, 2.45) is 0 Å². The fraction of sp³-hybridized carbons (Fsp3) is 0.562. The summed E-state index contributed by atoms with van der Waals surface area (Å²) in [5, 5.41) is 11.5. The molecule has 0 bridgehead atoms. The lowest BCUT2D eigenvalue weighted by Gasteiger charge is -2.07. The summed E-state index contributed by atoms with van der Waals surface area (Å²) in [4.78, 5) is 1.39. The summed E-state index contributed by atoms with van der Waals surface area (Å²) in [6.07, 6.45) is 1.67. The van der Waals surface area contributed by atoms with Gasteiger partial charge in [0.1, 0.15) is 11.6 Å². The monoisotopic (exact) mass is 387 g/mol. The Balaban J connectivity index is 0.000000209. The molecule has 1 N–H and O–H groups in total. The van der Waals surface area contributed by atoms with Crippen LogP contribution < -0.4 is 4.72 Å². The Morgan fingerprint density at radius 2 is 1.69 bits per heavy atom. The average molecular weight is 387 g/mol. The van der Waals surface area contributed by atoms with Crippen LogP contribution in [-0.2, 0) is 10.0 Å². The van der Waals surface area contributed by atoms with E-state index in [-0.39, 0.29) is 28.7 Å². The van der Waals surface area contributed by atoms with E-state index in [4.69, 9.17) is 0 Å². The number of aromatic nitrogens is 4. The van der Waals surface area contributed by atoms with Gasteiger partial charge in [0.2, 0.25) is 15.8 Å². The van der Waals surface area contributed by atoms with Crippen molar-refractivity contribution in [3.63, 3.8) is 0 Å². The summed E-state index contributed by atoms with van der Waals surface area (Å²) in [5.74, 6) is -1.10.